The van der Waals surface area contributed by atoms with Crippen LogP contribution in [0.1, 0.15) is 0 Å². The lowest BCUT2D eigenvalue weighted by Crippen LogP contribution is -2.40. The SMILES string of the molecule is C=C(Cl)C(=O)NC1COCCOC1. The summed E-state index contributed by atoms with van der Waals surface area (Å²) in [6.07, 6.45) is 0. The van der Waals surface area contributed by atoms with Crippen molar-refractivity contribution in [3.8, 4) is 0 Å². The zero-order chi connectivity index (χ0) is 9.68. The Labute approximate surface area is 81.8 Å². The average molecular weight is 206 g/mol. The number of rotatable bonds is 2. The van der Waals surface area contributed by atoms with E-state index in [9.17, 15) is 4.79 Å². The first-order valence-electron chi connectivity index (χ1n) is 4.01. The molecule has 4 nitrogen and oxygen atoms in total. The van der Waals surface area contributed by atoms with Gasteiger partial charge in [-0.1, -0.05) is 18.2 Å². The molecule has 1 aliphatic rings. The largest absolute Gasteiger partial charge is 0.377 e. The van der Waals surface area contributed by atoms with Crippen molar-refractivity contribution in [3.63, 3.8) is 0 Å². The maximum absolute atomic E-state index is 11.1. The summed E-state index contributed by atoms with van der Waals surface area (Å²) in [6, 6.07) is -0.134. The highest BCUT2D eigenvalue weighted by atomic mass is 35.5. The summed E-state index contributed by atoms with van der Waals surface area (Å²) >= 11 is 5.40. The van der Waals surface area contributed by atoms with Gasteiger partial charge in [0.05, 0.1) is 37.5 Å². The van der Waals surface area contributed by atoms with Gasteiger partial charge in [-0.25, -0.2) is 0 Å². The maximum atomic E-state index is 11.1. The predicted molar refractivity (Wildman–Crippen MR) is 48.6 cm³/mol. The van der Waals surface area contributed by atoms with Crippen LogP contribution in [0.4, 0.5) is 0 Å². The number of carbonyl (C=O) groups excluding carboxylic acids is 1. The van der Waals surface area contributed by atoms with Crippen LogP contribution in [-0.2, 0) is 14.3 Å². The van der Waals surface area contributed by atoms with Crippen LogP contribution in [0.3, 0.4) is 0 Å². The smallest absolute Gasteiger partial charge is 0.262 e. The van der Waals surface area contributed by atoms with E-state index in [0.717, 1.165) is 0 Å². The molecule has 74 valence electrons. The minimum Gasteiger partial charge on any atom is -0.377 e. The van der Waals surface area contributed by atoms with Crippen LogP contribution in [0.15, 0.2) is 11.6 Å². The minimum atomic E-state index is -0.374. The molecule has 0 radical (unpaired) electrons. The standard InChI is InChI=1S/C8H12ClNO3/c1-6(9)8(11)10-7-4-12-2-3-13-5-7/h7H,1-5H2,(H,10,11). The molecular weight excluding hydrogens is 194 g/mol. The molecule has 0 aromatic carbocycles. The van der Waals surface area contributed by atoms with Gasteiger partial charge in [0, 0.05) is 0 Å². The molecule has 0 unspecified atom stereocenters. The summed E-state index contributed by atoms with van der Waals surface area (Å²) in [5.74, 6) is -0.374. The summed E-state index contributed by atoms with van der Waals surface area (Å²) < 4.78 is 10.4. The lowest BCUT2D eigenvalue weighted by molar-refractivity contribution is -0.118. The van der Waals surface area contributed by atoms with Gasteiger partial charge in [0.15, 0.2) is 0 Å². The Kier molecular flexibility index (Phi) is 4.21. The van der Waals surface area contributed by atoms with Crippen LogP contribution < -0.4 is 5.32 Å². The van der Waals surface area contributed by atoms with E-state index >= 15 is 0 Å². The molecule has 0 aromatic heterocycles. The average Bonchev–Trinajstić information content (AvgIpc) is 2.32. The number of nitrogens with one attached hydrogen (secondary N) is 1. The second-order valence-corrected chi connectivity index (χ2v) is 3.18. The minimum absolute atomic E-state index is 0.0238. The quantitative estimate of drug-likeness (QED) is 0.659. The third kappa shape index (κ3) is 3.76. The summed E-state index contributed by atoms with van der Waals surface area (Å²) in [5, 5.41) is 2.61. The zero-order valence-corrected chi connectivity index (χ0v) is 7.97. The van der Waals surface area contributed by atoms with E-state index in [1.165, 1.54) is 0 Å². The highest BCUT2D eigenvalue weighted by Crippen LogP contribution is 1.99. The van der Waals surface area contributed by atoms with Gasteiger partial charge in [-0.2, -0.15) is 0 Å². The molecule has 1 N–H and O–H groups in total. The fourth-order valence-corrected chi connectivity index (χ4v) is 1.02. The van der Waals surface area contributed by atoms with Crippen molar-refractivity contribution in [2.75, 3.05) is 26.4 Å². The molecule has 1 fully saturated rings. The predicted octanol–water partition coefficient (Wildman–Crippen LogP) is 0.270. The highest BCUT2D eigenvalue weighted by molar-refractivity contribution is 6.41. The summed E-state index contributed by atoms with van der Waals surface area (Å²) in [7, 11) is 0. The molecule has 1 amide bonds. The third-order valence-electron chi connectivity index (χ3n) is 1.59. The number of amides is 1. The van der Waals surface area contributed by atoms with Gasteiger partial charge in [0.25, 0.3) is 5.91 Å². The number of hydrogen-bond donors (Lipinski definition) is 1. The van der Waals surface area contributed by atoms with Crippen molar-refractivity contribution < 1.29 is 14.3 Å². The Morgan fingerprint density at radius 1 is 1.38 bits per heavy atom. The van der Waals surface area contributed by atoms with E-state index < -0.39 is 0 Å². The first-order valence-corrected chi connectivity index (χ1v) is 4.38. The first-order chi connectivity index (χ1) is 6.20. The van der Waals surface area contributed by atoms with Crippen LogP contribution in [-0.4, -0.2) is 38.4 Å². The van der Waals surface area contributed by atoms with Crippen molar-refractivity contribution in [1.82, 2.24) is 5.32 Å². The molecular formula is C8H12ClNO3. The Hall–Kier alpha value is -0.580. The molecule has 13 heavy (non-hydrogen) atoms. The van der Waals surface area contributed by atoms with Crippen LogP contribution >= 0.6 is 11.6 Å². The van der Waals surface area contributed by atoms with Crippen molar-refractivity contribution in [1.29, 1.82) is 0 Å². The topological polar surface area (TPSA) is 47.6 Å². The molecule has 0 atom stereocenters. The molecule has 0 bridgehead atoms. The number of halogens is 1. The summed E-state index contributed by atoms with van der Waals surface area (Å²) in [6.45, 7) is 5.35. The number of hydrogen-bond acceptors (Lipinski definition) is 3. The molecule has 0 aliphatic carbocycles. The Morgan fingerprint density at radius 3 is 2.38 bits per heavy atom. The monoisotopic (exact) mass is 205 g/mol. The van der Waals surface area contributed by atoms with Crippen molar-refractivity contribution in [3.05, 3.63) is 11.6 Å². The number of ether oxygens (including phenoxy) is 2. The second-order valence-electron chi connectivity index (χ2n) is 2.73. The Balaban J connectivity index is 2.33. The molecule has 1 aliphatic heterocycles. The van der Waals surface area contributed by atoms with Gasteiger partial charge in [0.1, 0.15) is 0 Å². The fraction of sp³-hybridized carbons (Fsp3) is 0.625. The van der Waals surface area contributed by atoms with Crippen LogP contribution in [0.5, 0.6) is 0 Å². The van der Waals surface area contributed by atoms with Gasteiger partial charge < -0.3 is 14.8 Å². The number of carbonyl (C=O) groups is 1. The first kappa shape index (κ1) is 10.5. The van der Waals surface area contributed by atoms with Gasteiger partial charge in [0.2, 0.25) is 0 Å². The third-order valence-corrected chi connectivity index (χ3v) is 1.76. The Morgan fingerprint density at radius 2 is 1.92 bits per heavy atom. The van der Waals surface area contributed by atoms with Gasteiger partial charge in [-0.05, 0) is 0 Å². The lowest BCUT2D eigenvalue weighted by Gasteiger charge is -2.14. The van der Waals surface area contributed by atoms with Crippen LogP contribution in [0.2, 0.25) is 0 Å². The molecule has 1 saturated heterocycles. The normalized spacial score (nSPS) is 19.2. The maximum Gasteiger partial charge on any atom is 0.262 e. The van der Waals surface area contributed by atoms with Gasteiger partial charge >= 0.3 is 0 Å². The van der Waals surface area contributed by atoms with Crippen molar-refractivity contribution in [2.45, 2.75) is 6.04 Å². The van der Waals surface area contributed by atoms with Gasteiger partial charge in [-0.15, -0.1) is 0 Å². The molecule has 0 saturated carbocycles. The zero-order valence-electron chi connectivity index (χ0n) is 7.22. The van der Waals surface area contributed by atoms with E-state index in [0.29, 0.717) is 26.4 Å². The van der Waals surface area contributed by atoms with E-state index in [-0.39, 0.29) is 17.0 Å². The van der Waals surface area contributed by atoms with E-state index in [1.54, 1.807) is 0 Å². The van der Waals surface area contributed by atoms with Crippen LogP contribution in [0.25, 0.3) is 0 Å². The van der Waals surface area contributed by atoms with Gasteiger partial charge in [-0.3, -0.25) is 4.79 Å². The van der Waals surface area contributed by atoms with Crippen LogP contribution in [0, 0.1) is 0 Å². The van der Waals surface area contributed by atoms with E-state index in [4.69, 9.17) is 21.1 Å². The lowest BCUT2D eigenvalue weighted by atomic mass is 10.3. The summed E-state index contributed by atoms with van der Waals surface area (Å²) in [4.78, 5) is 11.1. The molecule has 0 aromatic rings. The van der Waals surface area contributed by atoms with E-state index in [1.807, 2.05) is 0 Å². The molecule has 1 heterocycles. The van der Waals surface area contributed by atoms with Crippen molar-refractivity contribution >= 4 is 17.5 Å². The second kappa shape index (κ2) is 5.21. The van der Waals surface area contributed by atoms with Crippen molar-refractivity contribution in [2.24, 2.45) is 0 Å². The highest BCUT2D eigenvalue weighted by Gasteiger charge is 2.16. The molecule has 0 spiro atoms. The summed E-state index contributed by atoms with van der Waals surface area (Å²) in [5.41, 5.74) is 0. The van der Waals surface area contributed by atoms with E-state index in [2.05, 4.69) is 11.9 Å². The Bertz CT molecular complexity index is 200. The molecule has 1 rings (SSSR count). The molecule has 5 heteroatoms. The fourth-order valence-electron chi connectivity index (χ4n) is 0.964.